The summed E-state index contributed by atoms with van der Waals surface area (Å²) in [7, 11) is 0. The first kappa shape index (κ1) is 40.3. The third-order valence-corrected chi connectivity index (χ3v) is 7.18. The Morgan fingerprint density at radius 1 is 0.393 bits per heavy atom. The maximum absolute atomic E-state index is 13.7. The van der Waals surface area contributed by atoms with Crippen LogP contribution in [0.5, 0.6) is 0 Å². The van der Waals surface area contributed by atoms with Gasteiger partial charge in [0, 0.05) is 20.9 Å². The van der Waals surface area contributed by atoms with E-state index in [1.807, 2.05) is 0 Å². The summed E-state index contributed by atoms with van der Waals surface area (Å²) < 4.78 is 24.8. The van der Waals surface area contributed by atoms with Gasteiger partial charge >= 0.3 is 35.8 Å². The van der Waals surface area contributed by atoms with Crippen LogP contribution >= 0.6 is 0 Å². The highest BCUT2D eigenvalue weighted by molar-refractivity contribution is 5.94. The third-order valence-electron chi connectivity index (χ3n) is 7.18. The van der Waals surface area contributed by atoms with Crippen LogP contribution in [-0.2, 0) is 18.9 Å². The van der Waals surface area contributed by atoms with Gasteiger partial charge in [-0.05, 0) is 130 Å². The lowest BCUT2D eigenvalue weighted by molar-refractivity contribution is 0.0495. The van der Waals surface area contributed by atoms with E-state index in [-0.39, 0.29) is 42.9 Å². The molecule has 14 heteroatoms. The van der Waals surface area contributed by atoms with Crippen LogP contribution in [0.1, 0.15) is 83.1 Å². The Morgan fingerprint density at radius 2 is 0.571 bits per heavy atom. The third kappa shape index (κ3) is 8.73. The molecule has 0 atom stereocenters. The average molecular weight is 761 g/mol. The number of nitrogens with zero attached hydrogens (tertiary/aromatic N) is 4. The van der Waals surface area contributed by atoms with Gasteiger partial charge in [-0.25, -0.2) is 28.8 Å². The number of benzene rings is 2. The fraction of sp³-hybridized carbons (Fsp3) is 0.381. The number of hydrogen-bond donors (Lipinski definition) is 0. The molecule has 0 N–H and O–H groups in total. The summed E-state index contributed by atoms with van der Waals surface area (Å²) in [5.41, 5.74) is 16.6. The number of carbonyl (C=O) groups excluding carboxylic acids is 4. The molecule has 0 amide bonds. The number of imidazole rings is 2. The van der Waals surface area contributed by atoms with Crippen LogP contribution in [0.3, 0.4) is 0 Å². The fourth-order valence-corrected chi connectivity index (χ4v) is 5.23. The van der Waals surface area contributed by atoms with E-state index in [1.54, 1.807) is 83.1 Å². The van der Waals surface area contributed by atoms with Gasteiger partial charge in [0.1, 0.15) is 22.4 Å². The van der Waals surface area contributed by atoms with E-state index < -0.39 is 58.2 Å². The van der Waals surface area contributed by atoms with E-state index in [4.69, 9.17) is 18.9 Å². The summed E-state index contributed by atoms with van der Waals surface area (Å²) in [6.07, 6.45) is -4.11. The predicted molar refractivity (Wildman–Crippen MR) is 205 cm³/mol. The van der Waals surface area contributed by atoms with E-state index >= 15 is 0 Å². The van der Waals surface area contributed by atoms with Crippen LogP contribution < -0.4 is 32.3 Å². The second-order valence-corrected chi connectivity index (χ2v) is 16.6. The molecule has 1 aliphatic rings. The number of hydrogen-bond acceptors (Lipinski definition) is 10. The van der Waals surface area contributed by atoms with Gasteiger partial charge in [0.25, 0.3) is 0 Å². The molecule has 14 nitrogen and oxygen atoms in total. The van der Waals surface area contributed by atoms with Crippen molar-refractivity contribution >= 4 is 69.4 Å². The zero-order valence-electron chi connectivity index (χ0n) is 33.2. The smallest absolute Gasteiger partial charge is 0.423 e. The number of ether oxygens (including phenoxy) is 4. The first-order valence-electron chi connectivity index (χ1n) is 17.4. The van der Waals surface area contributed by atoms with Crippen molar-refractivity contribution in [2.75, 3.05) is 0 Å². The second-order valence-electron chi connectivity index (χ2n) is 16.6. The highest BCUT2D eigenvalue weighted by atomic mass is 16.6. The quantitative estimate of drug-likeness (QED) is 0.167. The topological polar surface area (TPSA) is 159 Å². The van der Waals surface area contributed by atoms with E-state index in [0.717, 1.165) is 18.3 Å². The molecule has 0 fully saturated rings. The molecule has 2 aromatic carbocycles. The van der Waals surface area contributed by atoms with Crippen molar-refractivity contribution in [3.63, 3.8) is 0 Å². The lowest BCUT2D eigenvalue weighted by atomic mass is 10.2. The molecule has 0 spiro atoms. The van der Waals surface area contributed by atoms with Crippen LogP contribution in [0.15, 0.2) is 56.8 Å². The molecule has 0 saturated heterocycles. The summed E-state index contributed by atoms with van der Waals surface area (Å²) in [4.78, 5) is 80.8. The van der Waals surface area contributed by atoms with Gasteiger partial charge in [-0.2, -0.15) is 18.3 Å². The zero-order valence-corrected chi connectivity index (χ0v) is 33.2. The van der Waals surface area contributed by atoms with Crippen LogP contribution in [0.25, 0.3) is 45.0 Å². The van der Waals surface area contributed by atoms with Crippen molar-refractivity contribution in [2.24, 2.45) is 0 Å². The van der Waals surface area contributed by atoms with Gasteiger partial charge in [-0.3, -0.25) is 0 Å². The predicted octanol–water partition coefficient (Wildman–Crippen LogP) is 4.02. The summed E-state index contributed by atoms with van der Waals surface area (Å²) in [6, 6.07) is 5.65. The van der Waals surface area contributed by atoms with Crippen molar-refractivity contribution in [1.82, 2.24) is 18.3 Å². The number of fused-ring (bicyclic) bond motifs is 4. The average Bonchev–Trinajstić information content (AvgIpc) is 3.45. The monoisotopic (exact) mass is 760 g/mol. The van der Waals surface area contributed by atoms with Crippen molar-refractivity contribution in [3.8, 4) is 0 Å². The SMILES string of the molecule is CC(C)(C)OC(=O)n1c(=O)n(C(=O)OC(C)(C)C)c2cc3c(cc21)=C=C=C=C=c1cc2c(cc1=C=C=C=C=3)n(C(=O)OC(C)(C)C)c(=O)n2C(=O)OC(C)(C)C. The molecule has 2 aromatic heterocycles. The zero-order chi connectivity index (χ0) is 41.7. The van der Waals surface area contributed by atoms with Crippen LogP contribution in [0.4, 0.5) is 19.2 Å². The largest absolute Gasteiger partial charge is 0.443 e. The Balaban J connectivity index is 1.94. The van der Waals surface area contributed by atoms with Crippen molar-refractivity contribution in [2.45, 2.75) is 105 Å². The van der Waals surface area contributed by atoms with E-state index in [9.17, 15) is 28.8 Å². The highest BCUT2D eigenvalue weighted by Gasteiger charge is 2.30. The van der Waals surface area contributed by atoms with E-state index in [0.29, 0.717) is 0 Å². The number of aromatic nitrogens is 4. The van der Waals surface area contributed by atoms with Gasteiger partial charge in [0.05, 0.1) is 22.1 Å². The Morgan fingerprint density at radius 3 is 0.732 bits per heavy atom. The van der Waals surface area contributed by atoms with E-state index in [1.165, 1.54) is 24.3 Å². The van der Waals surface area contributed by atoms with Gasteiger partial charge in [0.2, 0.25) is 0 Å². The van der Waals surface area contributed by atoms with Crippen molar-refractivity contribution in [3.05, 3.63) is 89.0 Å². The molecule has 0 unspecified atom stereocenters. The van der Waals surface area contributed by atoms with Crippen molar-refractivity contribution in [1.29, 1.82) is 0 Å². The van der Waals surface area contributed by atoms with Gasteiger partial charge < -0.3 is 18.9 Å². The summed E-state index contributed by atoms with van der Waals surface area (Å²) in [6.45, 7) is 19.6. The van der Waals surface area contributed by atoms with E-state index in [2.05, 4.69) is 45.8 Å². The van der Waals surface area contributed by atoms with Gasteiger partial charge in [0.15, 0.2) is 0 Å². The molecule has 2 heterocycles. The maximum Gasteiger partial charge on any atom is 0.423 e. The first-order chi connectivity index (χ1) is 25.7. The first-order valence-corrected chi connectivity index (χ1v) is 17.4. The molecular weight excluding hydrogens is 720 g/mol. The molecule has 56 heavy (non-hydrogen) atoms. The Labute approximate surface area is 319 Å². The summed E-state index contributed by atoms with van der Waals surface area (Å²) in [5, 5.41) is 0.960. The molecule has 0 radical (unpaired) electrons. The minimum atomic E-state index is -1.03. The molecule has 288 valence electrons. The standard InChI is InChI=1S/C42H40N4O10/c1-39(2,3)53-35(49)43-29-21-25-17-13-14-19-27-23-31-32(46(38(52)56-42(10,11)12)34(48)45(31)37(51)55-41(7,8)9)24-28(27)20-16-15-18-26(25)22-30(29)44(33(43)47)36(50)54-40(4,5)6/h21-24H,1-12H3. The molecular formula is C42H40N4O10. The summed E-state index contributed by atoms with van der Waals surface area (Å²) in [5.74, 6) is 0. The van der Waals surface area contributed by atoms with Gasteiger partial charge in [-0.15, -0.1) is 0 Å². The molecule has 0 aliphatic heterocycles. The number of carbonyl (C=O) groups is 4. The van der Waals surface area contributed by atoms with Crippen LogP contribution in [0.2, 0.25) is 0 Å². The minimum Gasteiger partial charge on any atom is -0.443 e. The Bertz CT molecular complexity index is 2650. The maximum atomic E-state index is 13.7. The summed E-state index contributed by atoms with van der Waals surface area (Å²) >= 11 is 0. The van der Waals surface area contributed by atoms with Gasteiger partial charge in [-0.1, -0.05) is 22.9 Å². The van der Waals surface area contributed by atoms with Crippen LogP contribution in [-0.4, -0.2) is 65.0 Å². The molecule has 5 rings (SSSR count). The molecule has 0 saturated carbocycles. The number of rotatable bonds is 0. The normalized spacial score (nSPS) is 12.4. The molecule has 1 aliphatic carbocycles. The second kappa shape index (κ2) is 14.1. The highest BCUT2D eigenvalue weighted by Crippen LogP contribution is 2.18. The Kier molecular flexibility index (Phi) is 10.1. The Hall–Kier alpha value is -6.90. The molecule has 4 aromatic rings. The minimum absolute atomic E-state index is 0.00144. The lowest BCUT2D eigenvalue weighted by Crippen LogP contribution is -2.38. The molecule has 0 bridgehead atoms. The van der Waals surface area contributed by atoms with Crippen molar-refractivity contribution < 1.29 is 38.1 Å². The fourth-order valence-electron chi connectivity index (χ4n) is 5.23. The van der Waals surface area contributed by atoms with Crippen LogP contribution in [0, 0.1) is 0 Å². The lowest BCUT2D eigenvalue weighted by Gasteiger charge is -2.19.